The fraction of sp³-hybridized carbons (Fsp3) is 0.538. The molecule has 1 heterocycles. The van der Waals surface area contributed by atoms with Crippen LogP contribution in [0.5, 0.6) is 0 Å². The monoisotopic (exact) mass is 320 g/mol. The second-order valence-electron chi connectivity index (χ2n) is 5.18. The van der Waals surface area contributed by atoms with Gasteiger partial charge >= 0.3 is 0 Å². The molecule has 0 aliphatic carbocycles. The third kappa shape index (κ3) is 3.57. The summed E-state index contributed by atoms with van der Waals surface area (Å²) in [6.07, 6.45) is 1.83. The molecule has 1 aliphatic heterocycles. The molecule has 0 bridgehead atoms. The van der Waals surface area contributed by atoms with Crippen LogP contribution in [0.4, 0.5) is 8.78 Å². The van der Waals surface area contributed by atoms with Crippen LogP contribution in [-0.4, -0.2) is 44.6 Å². The van der Waals surface area contributed by atoms with E-state index >= 15 is 0 Å². The first kappa shape index (κ1) is 16.3. The van der Waals surface area contributed by atoms with E-state index in [1.54, 1.807) is 0 Å². The largest absolute Gasteiger partial charge is 0.392 e. The lowest BCUT2D eigenvalue weighted by molar-refractivity contribution is 0.280. The van der Waals surface area contributed by atoms with E-state index in [-0.39, 0.29) is 18.2 Å². The number of aliphatic hydroxyl groups excluding tert-OH is 1. The number of sulfonamides is 1. The number of hydrogen-bond acceptors (Lipinski definition) is 4. The molecular weight excluding hydrogens is 302 g/mol. The highest BCUT2D eigenvalue weighted by Gasteiger charge is 2.26. The summed E-state index contributed by atoms with van der Waals surface area (Å²) in [4.78, 5) is 1.25. The van der Waals surface area contributed by atoms with Crippen molar-refractivity contribution in [3.05, 3.63) is 29.3 Å². The first-order chi connectivity index (χ1) is 9.85. The van der Waals surface area contributed by atoms with Gasteiger partial charge in [-0.15, -0.1) is 0 Å². The third-order valence-electron chi connectivity index (χ3n) is 3.71. The summed E-state index contributed by atoms with van der Waals surface area (Å²) in [6.45, 7) is 0.462. The summed E-state index contributed by atoms with van der Waals surface area (Å²) in [7, 11) is -2.27. The van der Waals surface area contributed by atoms with E-state index in [9.17, 15) is 17.2 Å². The van der Waals surface area contributed by atoms with Crippen molar-refractivity contribution in [1.29, 1.82) is 0 Å². The molecule has 118 valence electrons. The second-order valence-corrected chi connectivity index (χ2v) is 6.91. The molecular formula is C13H18F2N2O3S. The van der Waals surface area contributed by atoms with Gasteiger partial charge in [0, 0.05) is 12.6 Å². The van der Waals surface area contributed by atoms with Gasteiger partial charge in [-0.2, -0.15) is 0 Å². The molecule has 1 fully saturated rings. The number of rotatable bonds is 5. The van der Waals surface area contributed by atoms with Crippen molar-refractivity contribution in [2.24, 2.45) is 0 Å². The zero-order valence-electron chi connectivity index (χ0n) is 11.6. The summed E-state index contributed by atoms with van der Waals surface area (Å²) in [5.41, 5.74) is 0.00672. The number of benzene rings is 1. The summed E-state index contributed by atoms with van der Waals surface area (Å²) in [5, 5.41) is 8.97. The SMILES string of the molecule is CN1CCCC1CNS(=O)(=O)c1cc(CO)cc(F)c1F. The Bertz CT molecular complexity index is 622. The van der Waals surface area contributed by atoms with E-state index in [0.717, 1.165) is 31.5 Å². The summed E-state index contributed by atoms with van der Waals surface area (Å²) in [5.74, 6) is -2.72. The van der Waals surface area contributed by atoms with Gasteiger partial charge < -0.3 is 10.0 Å². The van der Waals surface area contributed by atoms with Gasteiger partial charge in [0.05, 0.1) is 6.61 Å². The molecule has 2 N–H and O–H groups in total. The zero-order valence-corrected chi connectivity index (χ0v) is 12.5. The molecule has 0 aromatic heterocycles. The number of hydrogen-bond donors (Lipinski definition) is 2. The fourth-order valence-corrected chi connectivity index (χ4v) is 3.63. The summed E-state index contributed by atoms with van der Waals surface area (Å²) in [6, 6.07) is 1.77. The Morgan fingerprint density at radius 1 is 1.43 bits per heavy atom. The van der Waals surface area contributed by atoms with Crippen molar-refractivity contribution in [2.45, 2.75) is 30.4 Å². The van der Waals surface area contributed by atoms with Gasteiger partial charge in [-0.25, -0.2) is 21.9 Å². The Labute approximate surface area is 122 Å². The van der Waals surface area contributed by atoms with Crippen molar-refractivity contribution < 1.29 is 22.3 Å². The lowest BCUT2D eigenvalue weighted by Crippen LogP contribution is -2.38. The van der Waals surface area contributed by atoms with E-state index in [2.05, 4.69) is 4.72 Å². The number of aliphatic hydroxyl groups is 1. The molecule has 0 spiro atoms. The van der Waals surface area contributed by atoms with Gasteiger partial charge in [-0.1, -0.05) is 0 Å². The summed E-state index contributed by atoms with van der Waals surface area (Å²) >= 11 is 0. The van der Waals surface area contributed by atoms with Crippen LogP contribution in [0.3, 0.4) is 0 Å². The van der Waals surface area contributed by atoms with Crippen LogP contribution in [0.15, 0.2) is 17.0 Å². The highest BCUT2D eigenvalue weighted by atomic mass is 32.2. The maximum atomic E-state index is 13.7. The average Bonchev–Trinajstić information content (AvgIpc) is 2.84. The molecule has 0 amide bonds. The number of likely N-dealkylation sites (tertiary alicyclic amines) is 1. The minimum Gasteiger partial charge on any atom is -0.392 e. The number of halogens is 2. The van der Waals surface area contributed by atoms with Gasteiger partial charge in [-0.05, 0) is 44.1 Å². The predicted octanol–water partition coefficient (Wildman–Crippen LogP) is 0.830. The molecule has 2 rings (SSSR count). The van der Waals surface area contributed by atoms with Crippen LogP contribution in [0.25, 0.3) is 0 Å². The van der Waals surface area contributed by atoms with Gasteiger partial charge in [0.15, 0.2) is 11.6 Å². The Morgan fingerprint density at radius 3 is 2.71 bits per heavy atom. The minimum absolute atomic E-state index is 0.00672. The molecule has 1 aromatic carbocycles. The van der Waals surface area contributed by atoms with Gasteiger partial charge in [-0.3, -0.25) is 0 Å². The van der Waals surface area contributed by atoms with Crippen molar-refractivity contribution >= 4 is 10.0 Å². The highest BCUT2D eigenvalue weighted by molar-refractivity contribution is 7.89. The van der Waals surface area contributed by atoms with Crippen LogP contribution >= 0.6 is 0 Å². The van der Waals surface area contributed by atoms with Gasteiger partial charge in [0.2, 0.25) is 10.0 Å². The highest BCUT2D eigenvalue weighted by Crippen LogP contribution is 2.21. The van der Waals surface area contributed by atoms with E-state index in [1.807, 2.05) is 11.9 Å². The molecule has 8 heteroatoms. The van der Waals surface area contributed by atoms with Crippen molar-refractivity contribution in [2.75, 3.05) is 20.1 Å². The molecule has 1 aromatic rings. The van der Waals surface area contributed by atoms with Crippen LogP contribution < -0.4 is 4.72 Å². The molecule has 5 nitrogen and oxygen atoms in total. The van der Waals surface area contributed by atoms with E-state index in [4.69, 9.17) is 5.11 Å². The maximum Gasteiger partial charge on any atom is 0.243 e. The molecule has 1 unspecified atom stereocenters. The minimum atomic E-state index is -4.16. The van der Waals surface area contributed by atoms with Crippen molar-refractivity contribution in [3.8, 4) is 0 Å². The molecule has 1 atom stereocenters. The Hall–Kier alpha value is -1.09. The first-order valence-corrected chi connectivity index (χ1v) is 8.12. The molecule has 1 aliphatic rings. The maximum absolute atomic E-state index is 13.7. The molecule has 21 heavy (non-hydrogen) atoms. The topological polar surface area (TPSA) is 69.6 Å². The van der Waals surface area contributed by atoms with E-state index in [1.165, 1.54) is 0 Å². The first-order valence-electron chi connectivity index (χ1n) is 6.64. The lowest BCUT2D eigenvalue weighted by Gasteiger charge is -2.19. The van der Waals surface area contributed by atoms with Crippen LogP contribution in [0.2, 0.25) is 0 Å². The fourth-order valence-electron chi connectivity index (χ4n) is 2.42. The Morgan fingerprint density at radius 2 is 2.14 bits per heavy atom. The number of likely N-dealkylation sites (N-methyl/N-ethyl adjacent to an activating group) is 1. The third-order valence-corrected chi connectivity index (χ3v) is 5.13. The Balaban J connectivity index is 2.21. The normalized spacial score (nSPS) is 20.1. The molecule has 0 saturated carbocycles. The standard InChI is InChI=1S/C13H18F2N2O3S/c1-17-4-2-3-10(17)7-16-21(19,20)12-6-9(8-18)5-11(14)13(12)15/h5-6,10,16,18H,2-4,7-8H2,1H3. The smallest absolute Gasteiger partial charge is 0.243 e. The second kappa shape index (κ2) is 6.35. The van der Waals surface area contributed by atoms with Crippen LogP contribution in [0, 0.1) is 11.6 Å². The van der Waals surface area contributed by atoms with Crippen molar-refractivity contribution in [3.63, 3.8) is 0 Å². The number of nitrogens with one attached hydrogen (secondary N) is 1. The van der Waals surface area contributed by atoms with Crippen LogP contribution in [0.1, 0.15) is 18.4 Å². The van der Waals surface area contributed by atoms with Crippen LogP contribution in [-0.2, 0) is 16.6 Å². The van der Waals surface area contributed by atoms with Crippen molar-refractivity contribution in [1.82, 2.24) is 9.62 Å². The van der Waals surface area contributed by atoms with E-state index in [0.29, 0.717) is 0 Å². The quantitative estimate of drug-likeness (QED) is 0.843. The van der Waals surface area contributed by atoms with Gasteiger partial charge in [0.1, 0.15) is 4.90 Å². The van der Waals surface area contributed by atoms with Gasteiger partial charge in [0.25, 0.3) is 0 Å². The molecule has 0 radical (unpaired) electrons. The average molecular weight is 320 g/mol. The number of nitrogens with zero attached hydrogens (tertiary/aromatic N) is 1. The lowest BCUT2D eigenvalue weighted by atomic mass is 10.2. The molecule has 1 saturated heterocycles. The zero-order chi connectivity index (χ0) is 15.6. The Kier molecular flexibility index (Phi) is 4.92. The predicted molar refractivity (Wildman–Crippen MR) is 73.1 cm³/mol. The van der Waals surface area contributed by atoms with E-state index < -0.39 is 33.2 Å². The summed E-state index contributed by atoms with van der Waals surface area (Å²) < 4.78 is 53.6.